The van der Waals surface area contributed by atoms with Gasteiger partial charge in [-0.1, -0.05) is 27.7 Å². The third-order valence-electron chi connectivity index (χ3n) is 1.41. The Bertz CT molecular complexity index is 247. The number of alkyl halides is 2. The maximum absolute atomic E-state index is 9.94. The lowest BCUT2D eigenvalue weighted by molar-refractivity contribution is 0.0328. The molecule has 0 aliphatic rings. The first kappa shape index (κ1) is 26.7. The number of hydrogen-bond acceptors (Lipinski definition) is 6. The Balaban J connectivity index is -0.000000270. The fourth-order valence-corrected chi connectivity index (χ4v) is 2.09. The number of nitrogens with one attached hydrogen (secondary N) is 2. The highest BCUT2D eigenvalue weighted by molar-refractivity contribution is 7.33. The van der Waals surface area contributed by atoms with E-state index in [2.05, 4.69) is 47.4 Å². The van der Waals surface area contributed by atoms with Gasteiger partial charge in [0.25, 0.3) is 0 Å². The molecule has 132 valence electrons. The second-order valence-electron chi connectivity index (χ2n) is 3.11. The quantitative estimate of drug-likeness (QED) is 0.282. The summed E-state index contributed by atoms with van der Waals surface area (Å²) in [6, 6.07) is 0. The van der Waals surface area contributed by atoms with Crippen molar-refractivity contribution in [1.82, 2.24) is 10.6 Å². The molecular weight excluding hydrogens is 365 g/mol. The molecule has 0 aliphatic carbocycles. The molecule has 21 heavy (non-hydrogen) atoms. The smallest absolute Gasteiger partial charge is 0.326 e. The SMILES string of the molecule is CCNCC.CCNCC.O=[PH](O)OC(Cl)(Cl)O[PH](=O)O. The van der Waals surface area contributed by atoms with E-state index in [4.69, 9.17) is 33.0 Å². The van der Waals surface area contributed by atoms with Gasteiger partial charge >= 0.3 is 21.2 Å². The molecular formula is C9H26Cl2N2O6P2. The van der Waals surface area contributed by atoms with Crippen LogP contribution in [0.25, 0.3) is 0 Å². The van der Waals surface area contributed by atoms with E-state index in [9.17, 15) is 9.13 Å². The molecule has 0 heterocycles. The molecule has 0 rings (SSSR count). The van der Waals surface area contributed by atoms with Crippen LogP contribution in [0.15, 0.2) is 0 Å². The van der Waals surface area contributed by atoms with Crippen molar-refractivity contribution in [2.75, 3.05) is 26.2 Å². The summed E-state index contributed by atoms with van der Waals surface area (Å²) in [6.07, 6.45) is 0. The molecule has 2 unspecified atom stereocenters. The zero-order valence-corrected chi connectivity index (χ0v) is 16.1. The number of hydrogen-bond donors (Lipinski definition) is 4. The minimum atomic E-state index is -3.41. The van der Waals surface area contributed by atoms with Gasteiger partial charge in [-0.05, 0) is 49.4 Å². The first-order valence-electron chi connectivity index (χ1n) is 6.29. The van der Waals surface area contributed by atoms with Crippen LogP contribution in [-0.2, 0) is 18.2 Å². The van der Waals surface area contributed by atoms with E-state index < -0.39 is 21.2 Å². The molecule has 8 nitrogen and oxygen atoms in total. The highest BCUT2D eigenvalue weighted by Crippen LogP contribution is 2.40. The van der Waals surface area contributed by atoms with E-state index in [1.165, 1.54) is 0 Å². The maximum atomic E-state index is 9.94. The number of halogens is 2. The fraction of sp³-hybridized carbons (Fsp3) is 1.00. The van der Waals surface area contributed by atoms with E-state index >= 15 is 0 Å². The van der Waals surface area contributed by atoms with E-state index in [-0.39, 0.29) is 0 Å². The van der Waals surface area contributed by atoms with Crippen molar-refractivity contribution in [2.45, 2.75) is 32.4 Å². The first-order chi connectivity index (χ1) is 9.66. The molecule has 12 heteroatoms. The summed E-state index contributed by atoms with van der Waals surface area (Å²) in [7, 11) is -6.82. The molecule has 0 saturated carbocycles. The lowest BCUT2D eigenvalue weighted by Crippen LogP contribution is -2.14. The largest absolute Gasteiger partial charge is 0.345 e. The maximum Gasteiger partial charge on any atom is 0.345 e. The van der Waals surface area contributed by atoms with Crippen LogP contribution in [-0.4, -0.2) is 40.7 Å². The van der Waals surface area contributed by atoms with Gasteiger partial charge in [-0.3, -0.25) is 9.13 Å². The molecule has 0 bridgehead atoms. The molecule has 0 fully saturated rings. The Hall–Kier alpha value is 0.800. The van der Waals surface area contributed by atoms with E-state index in [0.717, 1.165) is 26.2 Å². The van der Waals surface area contributed by atoms with E-state index in [1.54, 1.807) is 0 Å². The van der Waals surface area contributed by atoms with Crippen molar-refractivity contribution in [3.05, 3.63) is 0 Å². The van der Waals surface area contributed by atoms with Crippen LogP contribution >= 0.6 is 39.7 Å². The molecule has 2 atom stereocenters. The average molecular weight is 391 g/mol. The Kier molecular flexibility index (Phi) is 24.0. The Morgan fingerprint density at radius 2 is 1.10 bits per heavy atom. The van der Waals surface area contributed by atoms with Crippen LogP contribution in [0.3, 0.4) is 0 Å². The van der Waals surface area contributed by atoms with E-state index in [1.807, 2.05) is 0 Å². The first-order valence-corrected chi connectivity index (χ1v) is 9.58. The normalized spacial score (nSPS) is 13.3. The summed E-state index contributed by atoms with van der Waals surface area (Å²) in [5.74, 6) is 0. The summed E-state index contributed by atoms with van der Waals surface area (Å²) < 4.78 is 25.0. The van der Waals surface area contributed by atoms with Gasteiger partial charge in [-0.2, -0.15) is 0 Å². The molecule has 4 N–H and O–H groups in total. The van der Waals surface area contributed by atoms with Crippen LogP contribution in [0.1, 0.15) is 27.7 Å². The lowest BCUT2D eigenvalue weighted by atomic mass is 10.7. The van der Waals surface area contributed by atoms with Crippen molar-refractivity contribution in [1.29, 1.82) is 0 Å². The number of rotatable bonds is 8. The fourth-order valence-electron chi connectivity index (χ4n) is 0.724. The summed E-state index contributed by atoms with van der Waals surface area (Å²) in [6.45, 7) is 12.8. The third-order valence-corrected chi connectivity index (χ3v) is 3.16. The molecule has 0 radical (unpaired) electrons. The monoisotopic (exact) mass is 390 g/mol. The lowest BCUT2D eigenvalue weighted by Gasteiger charge is -2.15. The third kappa shape index (κ3) is 33.6. The van der Waals surface area contributed by atoms with Crippen LogP contribution in [0.2, 0.25) is 0 Å². The van der Waals surface area contributed by atoms with Crippen molar-refractivity contribution in [2.24, 2.45) is 0 Å². The van der Waals surface area contributed by atoms with Crippen LogP contribution in [0.5, 0.6) is 0 Å². The molecule has 0 aromatic carbocycles. The Labute approximate surface area is 137 Å². The average Bonchev–Trinajstić information content (AvgIpc) is 2.28. The van der Waals surface area contributed by atoms with Crippen LogP contribution in [0, 0.1) is 0 Å². The van der Waals surface area contributed by atoms with Gasteiger partial charge in [-0.15, -0.1) is 0 Å². The second-order valence-corrected chi connectivity index (χ2v) is 5.77. The van der Waals surface area contributed by atoms with Gasteiger partial charge in [0.15, 0.2) is 0 Å². The van der Waals surface area contributed by atoms with Gasteiger partial charge in [0, 0.05) is 0 Å². The van der Waals surface area contributed by atoms with Gasteiger partial charge in [0.2, 0.25) is 0 Å². The summed E-state index contributed by atoms with van der Waals surface area (Å²) in [5.41, 5.74) is 0. The van der Waals surface area contributed by atoms with Crippen molar-refractivity contribution < 1.29 is 28.0 Å². The van der Waals surface area contributed by atoms with Crippen molar-refractivity contribution in [3.8, 4) is 0 Å². The van der Waals surface area contributed by atoms with Crippen LogP contribution < -0.4 is 10.6 Å². The molecule has 0 aliphatic heterocycles. The predicted molar refractivity (Wildman–Crippen MR) is 87.5 cm³/mol. The molecule has 0 spiro atoms. The highest BCUT2D eigenvalue weighted by atomic mass is 35.5. The standard InChI is InChI=1S/2C4H11N.CH4Cl2O6P2/c2*1-3-5-4-2;2-1(3,8-10(4)5)9-11(6)7/h2*5H,3-4H2,1-2H3;10-11H,(H,4,5)(H,6,7). The molecule has 0 saturated heterocycles. The van der Waals surface area contributed by atoms with Gasteiger partial charge < -0.3 is 20.4 Å². The zero-order valence-electron chi connectivity index (χ0n) is 12.6. The van der Waals surface area contributed by atoms with E-state index in [0.29, 0.717) is 0 Å². The predicted octanol–water partition coefficient (Wildman–Crippen LogP) is 2.10. The summed E-state index contributed by atoms with van der Waals surface area (Å²) in [4.78, 5) is 16.2. The zero-order chi connectivity index (χ0) is 17.3. The molecule has 0 aromatic heterocycles. The Morgan fingerprint density at radius 1 is 0.857 bits per heavy atom. The minimum Gasteiger partial charge on any atom is -0.326 e. The van der Waals surface area contributed by atoms with Gasteiger partial charge in [0.1, 0.15) is 0 Å². The highest BCUT2D eigenvalue weighted by Gasteiger charge is 2.30. The molecule has 0 amide bonds. The van der Waals surface area contributed by atoms with Gasteiger partial charge in [-0.25, -0.2) is 9.05 Å². The second kappa shape index (κ2) is 18.8. The van der Waals surface area contributed by atoms with Crippen LogP contribution in [0.4, 0.5) is 0 Å². The van der Waals surface area contributed by atoms with Crippen molar-refractivity contribution >= 4 is 39.7 Å². The van der Waals surface area contributed by atoms with Crippen molar-refractivity contribution in [3.63, 3.8) is 0 Å². The Morgan fingerprint density at radius 3 is 1.19 bits per heavy atom. The molecule has 0 aromatic rings. The topological polar surface area (TPSA) is 117 Å². The summed E-state index contributed by atoms with van der Waals surface area (Å²) >= 11 is 9.96. The van der Waals surface area contributed by atoms with Gasteiger partial charge in [0.05, 0.1) is 0 Å². The minimum absolute atomic E-state index is 1.09. The summed E-state index contributed by atoms with van der Waals surface area (Å²) in [5, 5.41) is 6.22.